The molecular formula is C35H58N6O9. The Morgan fingerprint density at radius 2 is 1.56 bits per heavy atom. The molecule has 282 valence electrons. The van der Waals surface area contributed by atoms with E-state index in [-0.39, 0.29) is 73.1 Å². The lowest BCUT2D eigenvalue weighted by Gasteiger charge is -2.42. The van der Waals surface area contributed by atoms with Crippen LogP contribution >= 0.6 is 0 Å². The second-order valence-corrected chi connectivity index (χ2v) is 15.0. The summed E-state index contributed by atoms with van der Waals surface area (Å²) >= 11 is 0. The van der Waals surface area contributed by atoms with E-state index < -0.39 is 35.7 Å². The number of allylic oxidation sites excluding steroid dienone is 1. The molecule has 0 bridgehead atoms. The number of methoxy groups -OCH3 is 1. The van der Waals surface area contributed by atoms with E-state index in [9.17, 15) is 24.0 Å². The van der Waals surface area contributed by atoms with Crippen LogP contribution in [0.1, 0.15) is 86.5 Å². The van der Waals surface area contributed by atoms with Crippen LogP contribution < -0.4 is 32.1 Å². The summed E-state index contributed by atoms with van der Waals surface area (Å²) in [4.78, 5) is 61.1. The summed E-state index contributed by atoms with van der Waals surface area (Å²) in [7, 11) is 1.66. The molecule has 2 saturated carbocycles. The highest BCUT2D eigenvalue weighted by atomic mass is 16.6. The van der Waals surface area contributed by atoms with Crippen molar-refractivity contribution in [3.63, 3.8) is 0 Å². The monoisotopic (exact) mass is 706 g/mol. The Kier molecular flexibility index (Phi) is 13.8. The molecule has 0 radical (unpaired) electrons. The maximum absolute atomic E-state index is 13.1. The largest absolute Gasteiger partial charge is 0.443 e. The van der Waals surface area contributed by atoms with Gasteiger partial charge >= 0.3 is 6.09 Å². The Balaban J connectivity index is 1.15. The Labute approximate surface area is 295 Å². The van der Waals surface area contributed by atoms with Gasteiger partial charge in [0, 0.05) is 19.2 Å². The van der Waals surface area contributed by atoms with Crippen LogP contribution in [0.2, 0.25) is 0 Å². The first-order valence-corrected chi connectivity index (χ1v) is 17.9. The molecule has 4 rings (SSSR count). The number of rotatable bonds is 17. The van der Waals surface area contributed by atoms with E-state index in [2.05, 4.69) is 59.0 Å². The van der Waals surface area contributed by atoms with Crippen molar-refractivity contribution in [1.29, 1.82) is 0 Å². The van der Waals surface area contributed by atoms with E-state index in [1.807, 2.05) is 13.8 Å². The molecule has 4 unspecified atom stereocenters. The van der Waals surface area contributed by atoms with Gasteiger partial charge in [-0.25, -0.2) is 15.6 Å². The summed E-state index contributed by atoms with van der Waals surface area (Å²) in [6, 6.07) is -0.802. The highest BCUT2D eigenvalue weighted by molar-refractivity contribution is 5.89. The number of hydrogen-bond donors (Lipinski definition) is 6. The van der Waals surface area contributed by atoms with Crippen LogP contribution in [0.4, 0.5) is 4.79 Å². The van der Waals surface area contributed by atoms with Crippen molar-refractivity contribution < 1.29 is 42.9 Å². The first-order chi connectivity index (χ1) is 23.7. The van der Waals surface area contributed by atoms with Crippen molar-refractivity contribution in [3.05, 3.63) is 11.6 Å². The third-order valence-corrected chi connectivity index (χ3v) is 10.3. The lowest BCUT2D eigenvalue weighted by atomic mass is 9.68. The minimum Gasteiger partial charge on any atom is -0.443 e. The number of carbonyl (C=O) groups excluding carboxylic acids is 5. The van der Waals surface area contributed by atoms with E-state index >= 15 is 0 Å². The Hall–Kier alpha value is -3.11. The number of carbonyl (C=O) groups is 5. The molecule has 1 spiro atoms. The molecular weight excluding hydrogens is 648 g/mol. The summed E-state index contributed by atoms with van der Waals surface area (Å²) in [6.45, 7) is 11.6. The van der Waals surface area contributed by atoms with Crippen LogP contribution in [0, 0.1) is 11.8 Å². The number of epoxide rings is 2. The van der Waals surface area contributed by atoms with Gasteiger partial charge in [0.05, 0.1) is 38.3 Å². The van der Waals surface area contributed by atoms with Gasteiger partial charge in [-0.3, -0.25) is 19.2 Å². The van der Waals surface area contributed by atoms with Crippen LogP contribution in [0.15, 0.2) is 11.6 Å². The molecule has 4 aliphatic rings. The highest BCUT2D eigenvalue weighted by Crippen LogP contribution is 2.59. The molecule has 2 aliphatic heterocycles. The fraction of sp³-hybridized carbons (Fsp3) is 0.800. The average Bonchev–Trinajstić information content (AvgIpc) is 3.97. The molecule has 0 aromatic rings. The molecule has 50 heavy (non-hydrogen) atoms. The number of hydrogen-bond acceptors (Lipinski definition) is 11. The zero-order chi connectivity index (χ0) is 36.6. The quantitative estimate of drug-likeness (QED) is 0.0720. The van der Waals surface area contributed by atoms with Gasteiger partial charge in [0.15, 0.2) is 0 Å². The maximum Gasteiger partial charge on any atom is 0.407 e. The fourth-order valence-electron chi connectivity index (χ4n) is 7.41. The maximum atomic E-state index is 13.1. The zero-order valence-corrected chi connectivity index (χ0v) is 30.6. The molecule has 4 fully saturated rings. The third kappa shape index (κ3) is 10.7. The summed E-state index contributed by atoms with van der Waals surface area (Å²) < 4.78 is 24.3. The third-order valence-electron chi connectivity index (χ3n) is 10.3. The Morgan fingerprint density at radius 3 is 2.14 bits per heavy atom. The molecule has 4 amide bonds. The van der Waals surface area contributed by atoms with Gasteiger partial charge < -0.3 is 40.2 Å². The molecule has 6 N–H and O–H groups in total. The summed E-state index contributed by atoms with van der Waals surface area (Å²) in [5.74, 6) is -1.47. The van der Waals surface area contributed by atoms with Crippen molar-refractivity contribution in [2.75, 3.05) is 33.4 Å². The lowest BCUT2D eigenvalue weighted by Crippen LogP contribution is -2.56. The van der Waals surface area contributed by atoms with Crippen molar-refractivity contribution in [3.8, 4) is 0 Å². The number of nitrogens with one attached hydrogen (secondary N) is 6. The molecule has 7 atom stereocenters. The van der Waals surface area contributed by atoms with Gasteiger partial charge in [0.25, 0.3) is 0 Å². The molecule has 0 aromatic heterocycles. The SMILES string of the molecule is COC1C(OC(=O)N[C@H]2CC[C@H](NC(=O)CNN[C@H](C(=O)NCC(=O)NCC(C)=O)C(C)C)CC2)CC[C@]2(CO2)C1C1(C)O[C@@H]1CC=C(C)C. The molecule has 15 heteroatoms. The van der Waals surface area contributed by atoms with Gasteiger partial charge in [-0.05, 0) is 78.6 Å². The zero-order valence-electron chi connectivity index (χ0n) is 30.6. The smallest absolute Gasteiger partial charge is 0.407 e. The highest BCUT2D eigenvalue weighted by Gasteiger charge is 2.72. The molecule has 2 aliphatic carbocycles. The second kappa shape index (κ2) is 17.4. The number of ether oxygens (including phenoxy) is 4. The van der Waals surface area contributed by atoms with E-state index in [1.54, 1.807) is 7.11 Å². The molecule has 2 heterocycles. The standard InChI is InChI=1S/C35H58N6O9/c1-20(2)8-13-26-34(6,50-26)31-30(47-7)25(14-15-35(31)19-48-35)49-33(46)40-24-11-9-23(10-12-24)39-28(44)18-38-41-29(21(3)4)32(45)37-17-27(43)36-16-22(5)42/h8,21,23-26,29-31,38,41H,9-19H2,1-7H3,(H,36,43)(H,37,45)(H,39,44)(H,40,46)/t23-,24-,25?,26-,29+,30?,31?,34?,35+/m1/s1. The van der Waals surface area contributed by atoms with Crippen molar-refractivity contribution >= 4 is 29.6 Å². The average molecular weight is 707 g/mol. The van der Waals surface area contributed by atoms with Gasteiger partial charge in [0.1, 0.15) is 35.2 Å². The van der Waals surface area contributed by atoms with E-state index in [0.29, 0.717) is 38.7 Å². The summed E-state index contributed by atoms with van der Waals surface area (Å²) in [6.07, 6.45) is 6.08. The van der Waals surface area contributed by atoms with Gasteiger partial charge in [-0.1, -0.05) is 25.5 Å². The minimum atomic E-state index is -0.693. The first-order valence-electron chi connectivity index (χ1n) is 17.9. The predicted octanol–water partition coefficient (Wildman–Crippen LogP) is 1.16. The van der Waals surface area contributed by atoms with E-state index in [1.165, 1.54) is 12.5 Å². The number of alkyl carbamates (subject to hydrolysis) is 1. The van der Waals surface area contributed by atoms with E-state index in [0.717, 1.165) is 12.8 Å². The van der Waals surface area contributed by atoms with Gasteiger partial charge in [-0.2, -0.15) is 0 Å². The van der Waals surface area contributed by atoms with Crippen LogP contribution in [0.3, 0.4) is 0 Å². The molecule has 0 aromatic carbocycles. The summed E-state index contributed by atoms with van der Waals surface area (Å²) in [5, 5.41) is 11.0. The Morgan fingerprint density at radius 1 is 0.900 bits per heavy atom. The topological polar surface area (TPSA) is 201 Å². The number of Topliss-reactive ketones (excluding diaryl/α,β-unsaturated/α-hetero) is 1. The van der Waals surface area contributed by atoms with Crippen LogP contribution in [-0.2, 0) is 38.1 Å². The van der Waals surface area contributed by atoms with Crippen molar-refractivity contribution in [2.24, 2.45) is 11.8 Å². The molecule has 15 nitrogen and oxygen atoms in total. The second-order valence-electron chi connectivity index (χ2n) is 15.0. The van der Waals surface area contributed by atoms with Crippen molar-refractivity contribution in [1.82, 2.24) is 32.1 Å². The lowest BCUT2D eigenvalue weighted by molar-refractivity contribution is -0.129. The number of amides is 4. The van der Waals surface area contributed by atoms with Gasteiger partial charge in [-0.15, -0.1) is 0 Å². The first kappa shape index (κ1) is 39.7. The van der Waals surface area contributed by atoms with Crippen LogP contribution in [0.5, 0.6) is 0 Å². The number of hydrazine groups is 1. The van der Waals surface area contributed by atoms with E-state index in [4.69, 9.17) is 18.9 Å². The molecule has 2 saturated heterocycles. The van der Waals surface area contributed by atoms with Gasteiger partial charge in [0.2, 0.25) is 17.7 Å². The summed E-state index contributed by atoms with van der Waals surface area (Å²) in [5.41, 5.74) is 6.24. The fourth-order valence-corrected chi connectivity index (χ4v) is 7.41. The van der Waals surface area contributed by atoms with Crippen molar-refractivity contribution in [2.45, 2.75) is 134 Å². The predicted molar refractivity (Wildman–Crippen MR) is 184 cm³/mol. The van der Waals surface area contributed by atoms with Crippen LogP contribution in [0.25, 0.3) is 0 Å². The minimum absolute atomic E-state index is 0.0404. The normalized spacial score (nSPS) is 32.0. The van der Waals surface area contributed by atoms with Crippen LogP contribution in [-0.4, -0.2) is 111 Å². The number of ketones is 1. The Bertz CT molecular complexity index is 1260.